The van der Waals surface area contributed by atoms with Crippen LogP contribution in [0.25, 0.3) is 10.9 Å². The minimum Gasteiger partial charge on any atom is -0.343 e. The molecule has 23 heavy (non-hydrogen) atoms. The van der Waals surface area contributed by atoms with Crippen LogP contribution in [0.2, 0.25) is 0 Å². The van der Waals surface area contributed by atoms with Crippen molar-refractivity contribution in [2.24, 2.45) is 0 Å². The molecule has 1 aliphatic heterocycles. The van der Waals surface area contributed by atoms with Crippen LogP contribution in [0.4, 0.5) is 0 Å². The normalized spacial score (nSPS) is 22.1. The van der Waals surface area contributed by atoms with E-state index >= 15 is 0 Å². The molecule has 1 aliphatic carbocycles. The van der Waals surface area contributed by atoms with E-state index < -0.39 is 0 Å². The first-order chi connectivity index (χ1) is 11.2. The second-order valence-corrected chi connectivity index (χ2v) is 7.50. The molecule has 1 unspecified atom stereocenters. The van der Waals surface area contributed by atoms with Gasteiger partial charge < -0.3 is 14.4 Å². The van der Waals surface area contributed by atoms with Gasteiger partial charge >= 0.3 is 0 Å². The highest BCUT2D eigenvalue weighted by Gasteiger charge is 2.26. The number of hydrogen-bond donors (Lipinski definition) is 0. The smallest absolute Gasteiger partial charge is 0.0485 e. The molecule has 0 amide bonds. The van der Waals surface area contributed by atoms with Crippen molar-refractivity contribution < 1.29 is 0 Å². The third-order valence-corrected chi connectivity index (χ3v) is 5.92. The second kappa shape index (κ2) is 6.29. The summed E-state index contributed by atoms with van der Waals surface area (Å²) in [7, 11) is 4.45. The van der Waals surface area contributed by atoms with E-state index in [9.17, 15) is 0 Å². The van der Waals surface area contributed by atoms with Crippen LogP contribution >= 0.6 is 0 Å². The van der Waals surface area contributed by atoms with Gasteiger partial charge in [0.25, 0.3) is 0 Å². The molecule has 0 spiro atoms. The van der Waals surface area contributed by atoms with Gasteiger partial charge in [0.1, 0.15) is 0 Å². The zero-order valence-electron chi connectivity index (χ0n) is 14.6. The number of rotatable bonds is 4. The first kappa shape index (κ1) is 15.2. The van der Waals surface area contributed by atoms with Crippen molar-refractivity contribution >= 4 is 10.9 Å². The minimum absolute atomic E-state index is 0.695. The van der Waals surface area contributed by atoms with Gasteiger partial charge in [-0.25, -0.2) is 0 Å². The van der Waals surface area contributed by atoms with E-state index in [1.807, 2.05) is 0 Å². The van der Waals surface area contributed by atoms with Crippen LogP contribution in [-0.4, -0.2) is 54.1 Å². The Hall–Kier alpha value is -1.32. The standard InChI is InChI=1S/C20H29N3/c1-21(2)16-9-10-20-18(15-16)17-7-3-4-8-19(17)23(20)14-13-22-11-5-6-12-22/h3-4,7-8,16H,5-6,9-15H2,1-2H3. The van der Waals surface area contributed by atoms with Crippen LogP contribution in [-0.2, 0) is 19.4 Å². The van der Waals surface area contributed by atoms with Gasteiger partial charge in [-0.3, -0.25) is 0 Å². The van der Waals surface area contributed by atoms with Crippen molar-refractivity contribution in [1.29, 1.82) is 0 Å². The molecule has 3 nitrogen and oxygen atoms in total. The van der Waals surface area contributed by atoms with E-state index in [1.54, 1.807) is 11.3 Å². The number of nitrogens with zero attached hydrogens (tertiary/aromatic N) is 3. The van der Waals surface area contributed by atoms with Gasteiger partial charge in [0, 0.05) is 35.7 Å². The molecule has 2 aliphatic rings. The number of benzene rings is 1. The van der Waals surface area contributed by atoms with Gasteiger partial charge in [-0.05, 0) is 70.9 Å². The number of likely N-dealkylation sites (N-methyl/N-ethyl adjacent to an activating group) is 1. The number of fused-ring (bicyclic) bond motifs is 3. The molecular formula is C20H29N3. The molecule has 124 valence electrons. The minimum atomic E-state index is 0.695. The van der Waals surface area contributed by atoms with Crippen molar-refractivity contribution in [3.63, 3.8) is 0 Å². The summed E-state index contributed by atoms with van der Waals surface area (Å²) in [4.78, 5) is 5.03. The predicted octanol–water partition coefficient (Wildman–Crippen LogP) is 3.16. The summed E-state index contributed by atoms with van der Waals surface area (Å²) in [5, 5.41) is 1.50. The maximum absolute atomic E-state index is 2.63. The number of para-hydroxylation sites is 1. The number of hydrogen-bond acceptors (Lipinski definition) is 2. The predicted molar refractivity (Wildman–Crippen MR) is 97.1 cm³/mol. The third-order valence-electron chi connectivity index (χ3n) is 5.92. The fraction of sp³-hybridized carbons (Fsp3) is 0.600. The maximum Gasteiger partial charge on any atom is 0.0485 e. The first-order valence-corrected chi connectivity index (χ1v) is 9.22. The van der Waals surface area contributed by atoms with Gasteiger partial charge in [-0.2, -0.15) is 0 Å². The molecule has 1 aromatic heterocycles. The summed E-state index contributed by atoms with van der Waals surface area (Å²) >= 11 is 0. The van der Waals surface area contributed by atoms with Gasteiger partial charge in [0.15, 0.2) is 0 Å². The van der Waals surface area contributed by atoms with Crippen LogP contribution in [0.1, 0.15) is 30.5 Å². The zero-order chi connectivity index (χ0) is 15.8. The molecule has 4 rings (SSSR count). The largest absolute Gasteiger partial charge is 0.343 e. The first-order valence-electron chi connectivity index (χ1n) is 9.22. The third kappa shape index (κ3) is 2.81. The average Bonchev–Trinajstić information content (AvgIpc) is 3.18. The fourth-order valence-electron chi connectivity index (χ4n) is 4.53. The molecule has 2 heterocycles. The highest BCUT2D eigenvalue weighted by molar-refractivity contribution is 5.86. The van der Waals surface area contributed by atoms with E-state index in [0.717, 1.165) is 6.54 Å². The average molecular weight is 311 g/mol. The molecule has 1 fully saturated rings. The highest BCUT2D eigenvalue weighted by Crippen LogP contribution is 2.33. The Morgan fingerprint density at radius 3 is 2.65 bits per heavy atom. The summed E-state index contributed by atoms with van der Waals surface area (Å²) in [6.45, 7) is 4.96. The van der Waals surface area contributed by atoms with Crippen molar-refractivity contribution in [2.75, 3.05) is 33.7 Å². The highest BCUT2D eigenvalue weighted by atomic mass is 15.2. The molecule has 0 bridgehead atoms. The lowest BCUT2D eigenvalue weighted by molar-refractivity contribution is 0.265. The summed E-state index contributed by atoms with van der Waals surface area (Å²) in [6, 6.07) is 9.75. The molecular weight excluding hydrogens is 282 g/mol. The Kier molecular flexibility index (Phi) is 4.16. The van der Waals surface area contributed by atoms with E-state index in [1.165, 1.54) is 62.6 Å². The lowest BCUT2D eigenvalue weighted by Crippen LogP contribution is -2.34. The number of likely N-dealkylation sites (tertiary alicyclic amines) is 1. The van der Waals surface area contributed by atoms with E-state index in [2.05, 4.69) is 52.7 Å². The van der Waals surface area contributed by atoms with E-state index in [4.69, 9.17) is 0 Å². The van der Waals surface area contributed by atoms with Crippen LogP contribution in [0.5, 0.6) is 0 Å². The Balaban J connectivity index is 1.67. The second-order valence-electron chi connectivity index (χ2n) is 7.50. The quantitative estimate of drug-likeness (QED) is 0.859. The maximum atomic E-state index is 2.63. The molecule has 1 aromatic carbocycles. The van der Waals surface area contributed by atoms with Crippen LogP contribution in [0, 0.1) is 0 Å². The van der Waals surface area contributed by atoms with Crippen molar-refractivity contribution in [1.82, 2.24) is 14.4 Å². The molecule has 2 aromatic rings. The van der Waals surface area contributed by atoms with Gasteiger partial charge in [-0.1, -0.05) is 18.2 Å². The summed E-state index contributed by atoms with van der Waals surface area (Å²) in [5.41, 5.74) is 4.69. The molecule has 1 saturated heterocycles. The monoisotopic (exact) mass is 311 g/mol. The lowest BCUT2D eigenvalue weighted by Gasteiger charge is -2.29. The Morgan fingerprint density at radius 1 is 1.09 bits per heavy atom. The Bertz CT molecular complexity index is 679. The SMILES string of the molecule is CN(C)C1CCc2c(c3ccccc3n2CCN2CCCC2)C1. The van der Waals surface area contributed by atoms with Crippen molar-refractivity contribution in [3.05, 3.63) is 35.5 Å². The topological polar surface area (TPSA) is 11.4 Å². The molecule has 0 saturated carbocycles. The van der Waals surface area contributed by atoms with Gasteiger partial charge in [0.05, 0.1) is 0 Å². The van der Waals surface area contributed by atoms with Crippen LogP contribution in [0.15, 0.2) is 24.3 Å². The molecule has 3 heteroatoms. The Labute approximate surface area is 139 Å². The molecule has 1 atom stereocenters. The van der Waals surface area contributed by atoms with E-state index in [-0.39, 0.29) is 0 Å². The Morgan fingerprint density at radius 2 is 1.87 bits per heavy atom. The summed E-state index contributed by atoms with van der Waals surface area (Å²) in [6.07, 6.45) is 6.50. The molecule has 0 radical (unpaired) electrons. The summed E-state index contributed by atoms with van der Waals surface area (Å²) in [5.74, 6) is 0. The van der Waals surface area contributed by atoms with Gasteiger partial charge in [-0.15, -0.1) is 0 Å². The number of aromatic nitrogens is 1. The van der Waals surface area contributed by atoms with Crippen LogP contribution < -0.4 is 0 Å². The van der Waals surface area contributed by atoms with Gasteiger partial charge in [0.2, 0.25) is 0 Å². The van der Waals surface area contributed by atoms with E-state index in [0.29, 0.717) is 6.04 Å². The van der Waals surface area contributed by atoms with Crippen molar-refractivity contribution in [3.8, 4) is 0 Å². The zero-order valence-corrected chi connectivity index (χ0v) is 14.6. The fourth-order valence-corrected chi connectivity index (χ4v) is 4.53. The van der Waals surface area contributed by atoms with Crippen LogP contribution in [0.3, 0.4) is 0 Å². The lowest BCUT2D eigenvalue weighted by atomic mass is 9.91. The molecule has 0 N–H and O–H groups in total. The summed E-state index contributed by atoms with van der Waals surface area (Å²) < 4.78 is 2.63. The van der Waals surface area contributed by atoms with Crippen molar-refractivity contribution in [2.45, 2.75) is 44.7 Å².